The molecule has 0 aliphatic rings. The van der Waals surface area contributed by atoms with E-state index in [0.717, 1.165) is 36.4 Å². The maximum atomic E-state index is 12.6. The Labute approximate surface area is 186 Å². The van der Waals surface area contributed by atoms with Crippen molar-refractivity contribution in [1.82, 2.24) is 15.5 Å². The molecule has 0 unspecified atom stereocenters. The van der Waals surface area contributed by atoms with Crippen molar-refractivity contribution < 1.29 is 39.6 Å². The topological polar surface area (TPSA) is 101 Å². The van der Waals surface area contributed by atoms with Crippen LogP contribution in [0.5, 0.6) is 0 Å². The standard InChI is InChI=1S/C18H12F6N4O3S2/c19-17(20,21)12-5-1-10(2-6-12)9-25-14(29)11-3-7-13(8-4-11)33(30,31)28-16-27-26-15(32-16)18(22,23)24/h1-8H,9H2,(H,25,29)(H,27,28). The summed E-state index contributed by atoms with van der Waals surface area (Å²) in [5.41, 5.74) is -0.364. The molecule has 15 heteroatoms. The third kappa shape index (κ3) is 6.19. The summed E-state index contributed by atoms with van der Waals surface area (Å²) in [6.07, 6.45) is -9.24. The number of hydrogen-bond acceptors (Lipinski definition) is 6. The first-order chi connectivity index (χ1) is 15.3. The fourth-order valence-corrected chi connectivity index (χ4v) is 4.28. The Morgan fingerprint density at radius 1 is 0.879 bits per heavy atom. The van der Waals surface area contributed by atoms with Gasteiger partial charge >= 0.3 is 12.4 Å². The number of nitrogens with one attached hydrogen (secondary N) is 2. The zero-order valence-corrected chi connectivity index (χ0v) is 17.7. The van der Waals surface area contributed by atoms with E-state index in [1.54, 1.807) is 0 Å². The summed E-state index contributed by atoms with van der Waals surface area (Å²) in [6.45, 7) is -0.0723. The van der Waals surface area contributed by atoms with Crippen LogP contribution in [0, 0.1) is 0 Å². The number of anilines is 1. The minimum atomic E-state index is -4.77. The first-order valence-corrected chi connectivity index (χ1v) is 11.0. The molecule has 2 aromatic carbocycles. The summed E-state index contributed by atoms with van der Waals surface area (Å²) in [4.78, 5) is 11.9. The van der Waals surface area contributed by atoms with Crippen LogP contribution < -0.4 is 10.0 Å². The average molecular weight is 510 g/mol. The van der Waals surface area contributed by atoms with Crippen molar-refractivity contribution in [2.45, 2.75) is 23.8 Å². The molecule has 1 heterocycles. The predicted molar refractivity (Wildman–Crippen MR) is 105 cm³/mol. The number of carbonyl (C=O) groups excluding carboxylic acids is 1. The molecule has 33 heavy (non-hydrogen) atoms. The Morgan fingerprint density at radius 3 is 2.00 bits per heavy atom. The molecule has 0 aliphatic carbocycles. The molecule has 3 rings (SSSR count). The second kappa shape index (κ2) is 8.97. The van der Waals surface area contributed by atoms with Crippen molar-refractivity contribution >= 4 is 32.4 Å². The normalized spacial score (nSPS) is 12.4. The quantitative estimate of drug-likeness (QED) is 0.482. The van der Waals surface area contributed by atoms with E-state index in [9.17, 15) is 39.6 Å². The van der Waals surface area contributed by atoms with E-state index in [4.69, 9.17) is 0 Å². The van der Waals surface area contributed by atoms with Gasteiger partial charge in [-0.05, 0) is 42.0 Å². The van der Waals surface area contributed by atoms with E-state index >= 15 is 0 Å². The number of nitrogens with zero attached hydrogens (tertiary/aromatic N) is 2. The van der Waals surface area contributed by atoms with Gasteiger partial charge in [0.25, 0.3) is 15.9 Å². The van der Waals surface area contributed by atoms with Crippen LogP contribution in [0.1, 0.15) is 26.5 Å². The average Bonchev–Trinajstić information content (AvgIpc) is 3.20. The van der Waals surface area contributed by atoms with Crippen LogP contribution >= 0.6 is 11.3 Å². The Bertz CT molecular complexity index is 1240. The van der Waals surface area contributed by atoms with Crippen LogP contribution in [-0.2, 0) is 28.9 Å². The molecule has 0 bridgehead atoms. The third-order valence-corrected chi connectivity index (χ3v) is 6.42. The summed E-state index contributed by atoms with van der Waals surface area (Å²) < 4.78 is 102. The van der Waals surface area contributed by atoms with E-state index in [1.807, 2.05) is 4.72 Å². The van der Waals surface area contributed by atoms with E-state index < -0.39 is 44.0 Å². The molecule has 0 atom stereocenters. The molecule has 1 amide bonds. The van der Waals surface area contributed by atoms with E-state index in [0.29, 0.717) is 5.56 Å². The lowest BCUT2D eigenvalue weighted by Gasteiger charge is -2.09. The van der Waals surface area contributed by atoms with Crippen molar-refractivity contribution in [3.8, 4) is 0 Å². The molecule has 0 saturated heterocycles. The number of benzene rings is 2. The maximum absolute atomic E-state index is 12.6. The number of carbonyl (C=O) groups is 1. The molecule has 3 aromatic rings. The summed E-state index contributed by atoms with van der Waals surface area (Å²) in [5.74, 6) is -0.620. The zero-order valence-electron chi connectivity index (χ0n) is 16.0. The monoisotopic (exact) mass is 510 g/mol. The summed E-state index contributed by atoms with van der Waals surface area (Å²) >= 11 is 0.0120. The minimum absolute atomic E-state index is 0.0120. The van der Waals surface area contributed by atoms with E-state index in [-0.39, 0.29) is 28.3 Å². The van der Waals surface area contributed by atoms with Crippen LogP contribution in [0.15, 0.2) is 53.4 Å². The minimum Gasteiger partial charge on any atom is -0.348 e. The largest absolute Gasteiger partial charge is 0.445 e. The summed E-state index contributed by atoms with van der Waals surface area (Å²) in [6, 6.07) is 8.62. The number of hydrogen-bond donors (Lipinski definition) is 2. The molecule has 2 N–H and O–H groups in total. The van der Waals surface area contributed by atoms with Gasteiger partial charge in [0, 0.05) is 12.1 Å². The predicted octanol–water partition coefficient (Wildman–Crippen LogP) is 4.31. The van der Waals surface area contributed by atoms with Crippen molar-refractivity contribution in [2.24, 2.45) is 0 Å². The second-order valence-electron chi connectivity index (χ2n) is 6.42. The Hall–Kier alpha value is -3.20. The molecule has 0 aliphatic heterocycles. The van der Waals surface area contributed by atoms with Crippen molar-refractivity contribution in [1.29, 1.82) is 0 Å². The highest BCUT2D eigenvalue weighted by Crippen LogP contribution is 2.33. The summed E-state index contributed by atoms with van der Waals surface area (Å²) in [5, 5.41) is 6.59. The van der Waals surface area contributed by atoms with Crippen LogP contribution in [0.25, 0.3) is 0 Å². The first-order valence-electron chi connectivity index (χ1n) is 8.73. The first kappa shape index (κ1) is 24.4. The van der Waals surface area contributed by atoms with Crippen LogP contribution in [0.2, 0.25) is 0 Å². The highest BCUT2D eigenvalue weighted by Gasteiger charge is 2.36. The molecule has 1 aromatic heterocycles. The number of sulfonamides is 1. The van der Waals surface area contributed by atoms with Gasteiger partial charge in [-0.2, -0.15) is 26.3 Å². The molecule has 176 valence electrons. The molecule has 0 fully saturated rings. The Kier molecular flexibility index (Phi) is 6.65. The van der Waals surface area contributed by atoms with Crippen LogP contribution in [-0.4, -0.2) is 24.5 Å². The lowest BCUT2D eigenvalue weighted by molar-refractivity contribution is -0.138. The smallest absolute Gasteiger partial charge is 0.348 e. The van der Waals surface area contributed by atoms with Gasteiger partial charge in [0.05, 0.1) is 10.5 Å². The third-order valence-electron chi connectivity index (χ3n) is 4.05. The van der Waals surface area contributed by atoms with Gasteiger partial charge < -0.3 is 5.32 Å². The highest BCUT2D eigenvalue weighted by atomic mass is 32.2. The maximum Gasteiger partial charge on any atom is 0.445 e. The highest BCUT2D eigenvalue weighted by molar-refractivity contribution is 7.93. The van der Waals surface area contributed by atoms with Gasteiger partial charge in [0.15, 0.2) is 0 Å². The number of amides is 1. The SMILES string of the molecule is O=C(NCc1ccc(C(F)(F)F)cc1)c1ccc(S(=O)(=O)Nc2nnc(C(F)(F)F)s2)cc1. The Balaban J connectivity index is 1.63. The molecule has 0 radical (unpaired) electrons. The summed E-state index contributed by atoms with van der Waals surface area (Å²) in [7, 11) is -4.29. The number of halogens is 6. The van der Waals surface area contributed by atoms with Crippen LogP contribution in [0.3, 0.4) is 0 Å². The lowest BCUT2D eigenvalue weighted by Crippen LogP contribution is -2.23. The van der Waals surface area contributed by atoms with Gasteiger partial charge in [-0.25, -0.2) is 8.42 Å². The number of alkyl halides is 6. The molecule has 7 nitrogen and oxygen atoms in total. The molecule has 0 saturated carbocycles. The second-order valence-corrected chi connectivity index (χ2v) is 9.08. The van der Waals surface area contributed by atoms with E-state index in [2.05, 4.69) is 15.5 Å². The molecular weight excluding hydrogens is 498 g/mol. The fraction of sp³-hybridized carbons (Fsp3) is 0.167. The fourth-order valence-electron chi connectivity index (χ4n) is 2.43. The Morgan fingerprint density at radius 2 is 1.48 bits per heavy atom. The van der Waals surface area contributed by atoms with Gasteiger partial charge in [-0.15, -0.1) is 10.2 Å². The molecule has 0 spiro atoms. The van der Waals surface area contributed by atoms with Gasteiger partial charge in [-0.1, -0.05) is 23.5 Å². The van der Waals surface area contributed by atoms with Gasteiger partial charge in [0.2, 0.25) is 10.1 Å². The number of rotatable bonds is 6. The van der Waals surface area contributed by atoms with Crippen LogP contribution in [0.4, 0.5) is 31.5 Å². The van der Waals surface area contributed by atoms with Gasteiger partial charge in [0.1, 0.15) is 0 Å². The van der Waals surface area contributed by atoms with E-state index in [1.165, 1.54) is 12.1 Å². The molecular formula is C18H12F6N4O3S2. The zero-order chi connectivity index (χ0) is 24.4. The van der Waals surface area contributed by atoms with Gasteiger partial charge in [-0.3, -0.25) is 9.52 Å². The van der Waals surface area contributed by atoms with Crippen molar-refractivity contribution in [3.63, 3.8) is 0 Å². The van der Waals surface area contributed by atoms with Crippen molar-refractivity contribution in [3.05, 3.63) is 70.2 Å². The number of aromatic nitrogens is 2. The lowest BCUT2D eigenvalue weighted by atomic mass is 10.1. The van der Waals surface area contributed by atoms with Crippen molar-refractivity contribution in [2.75, 3.05) is 4.72 Å².